The molecule has 14 heteroatoms. The Morgan fingerprint density at radius 3 is 2.47 bits per heavy atom. The van der Waals surface area contributed by atoms with Crippen LogP contribution in [-0.2, 0) is 35.8 Å². The van der Waals surface area contributed by atoms with Gasteiger partial charge in [0, 0.05) is 0 Å². The first-order valence-corrected chi connectivity index (χ1v) is 15.3. The van der Waals surface area contributed by atoms with E-state index in [9.17, 15) is 30.4 Å². The molecule has 0 bridgehead atoms. The highest BCUT2D eigenvalue weighted by Crippen LogP contribution is 2.40. The Morgan fingerprint density at radius 2 is 1.89 bits per heavy atom. The Balaban J connectivity index is 1.68. The number of halogens is 2. The molecule has 0 spiro atoms. The molecule has 2 heterocycles. The van der Waals surface area contributed by atoms with Crippen LogP contribution >= 0.6 is 0 Å². The van der Waals surface area contributed by atoms with E-state index < -0.39 is 49.0 Å². The number of fused-ring (bicyclic) bond motifs is 1. The van der Waals surface area contributed by atoms with Gasteiger partial charge in [0.1, 0.15) is 22.4 Å². The molecule has 0 unspecified atom stereocenters. The van der Waals surface area contributed by atoms with Gasteiger partial charge in [-0.3, -0.25) is 9.10 Å². The third kappa shape index (κ3) is 6.11. The number of hydrogen-bond acceptors (Lipinski definition) is 8. The zero-order chi connectivity index (χ0) is 28.0. The minimum atomic E-state index is -4.41. The van der Waals surface area contributed by atoms with Gasteiger partial charge in [-0.05, 0) is 64.7 Å². The number of hydrogen-bond donors (Lipinski definition) is 0. The Hall–Kier alpha value is -2.74. The molecule has 1 aliphatic carbocycles. The summed E-state index contributed by atoms with van der Waals surface area (Å²) in [4.78, 5) is 12.0. The van der Waals surface area contributed by atoms with Gasteiger partial charge in [0.05, 0.1) is 41.5 Å². The average Bonchev–Trinajstić information content (AvgIpc) is 3.58. The van der Waals surface area contributed by atoms with E-state index in [-0.39, 0.29) is 47.5 Å². The Morgan fingerprint density at radius 1 is 1.21 bits per heavy atom. The number of ether oxygens (including phenoxy) is 2. The van der Waals surface area contributed by atoms with Crippen molar-refractivity contribution in [3.63, 3.8) is 0 Å². The van der Waals surface area contributed by atoms with E-state index in [1.165, 1.54) is 19.1 Å². The van der Waals surface area contributed by atoms with Crippen molar-refractivity contribution in [2.75, 3.05) is 16.6 Å². The highest BCUT2D eigenvalue weighted by Gasteiger charge is 2.40. The van der Waals surface area contributed by atoms with E-state index in [4.69, 9.17) is 9.47 Å². The fraction of sp³-hybridized carbons (Fsp3) is 0.583. The average molecular weight is 576 g/mol. The molecule has 38 heavy (non-hydrogen) atoms. The van der Waals surface area contributed by atoms with Crippen molar-refractivity contribution < 1.29 is 39.9 Å². The second kappa shape index (κ2) is 10.1. The molecule has 0 N–H and O–H groups in total. The van der Waals surface area contributed by atoms with E-state index in [1.54, 1.807) is 26.8 Å². The normalized spacial score (nSPS) is 18.3. The number of anilines is 1. The van der Waals surface area contributed by atoms with Crippen LogP contribution in [0.15, 0.2) is 29.3 Å². The number of nitrogens with zero attached hydrogens (tertiary/aromatic N) is 3. The number of rotatable bonds is 9. The van der Waals surface area contributed by atoms with E-state index in [1.807, 2.05) is 0 Å². The second-order valence-electron chi connectivity index (χ2n) is 10.5. The van der Waals surface area contributed by atoms with Crippen molar-refractivity contribution in [3.05, 3.63) is 35.7 Å². The van der Waals surface area contributed by atoms with Crippen molar-refractivity contribution in [3.8, 4) is 5.75 Å². The predicted molar refractivity (Wildman–Crippen MR) is 135 cm³/mol. The number of esters is 1. The molecule has 1 aromatic carbocycles. The van der Waals surface area contributed by atoms with Crippen LogP contribution in [0.4, 0.5) is 14.5 Å². The van der Waals surface area contributed by atoms with Crippen molar-refractivity contribution in [2.24, 2.45) is 0 Å². The van der Waals surface area contributed by atoms with Crippen LogP contribution in [-0.4, -0.2) is 61.8 Å². The van der Waals surface area contributed by atoms with E-state index in [0.29, 0.717) is 23.1 Å². The number of carbonyl (C=O) groups is 1. The third-order valence-corrected chi connectivity index (χ3v) is 10.4. The maximum Gasteiger partial charge on any atom is 0.333 e. The number of carbonyl (C=O) groups excluding carboxylic acids is 1. The van der Waals surface area contributed by atoms with E-state index in [2.05, 4.69) is 5.10 Å². The Kier molecular flexibility index (Phi) is 7.51. The first-order valence-electron chi connectivity index (χ1n) is 12.2. The molecule has 2 aliphatic rings. The zero-order valence-electron chi connectivity index (χ0n) is 21.6. The summed E-state index contributed by atoms with van der Waals surface area (Å²) in [7, 11) is -7.73. The minimum Gasteiger partial charge on any atom is -0.486 e. The largest absolute Gasteiger partial charge is 0.486 e. The van der Waals surface area contributed by atoms with Crippen LogP contribution in [0.25, 0.3) is 0 Å². The van der Waals surface area contributed by atoms with Crippen molar-refractivity contribution in [1.82, 2.24) is 9.78 Å². The molecule has 2 aromatic rings. The van der Waals surface area contributed by atoms with Gasteiger partial charge < -0.3 is 9.47 Å². The molecule has 10 nitrogen and oxygen atoms in total. The number of sulfone groups is 1. The lowest BCUT2D eigenvalue weighted by atomic mass is 10.1. The zero-order valence-corrected chi connectivity index (χ0v) is 23.2. The van der Waals surface area contributed by atoms with Gasteiger partial charge in [0.25, 0.3) is 10.0 Å². The number of alkyl halides is 2. The highest BCUT2D eigenvalue weighted by atomic mass is 32.2. The lowest BCUT2D eigenvalue weighted by molar-refractivity contribution is -0.153. The number of aromatic nitrogens is 2. The molecule has 4 rings (SSSR count). The Bertz CT molecular complexity index is 1430. The Labute approximate surface area is 220 Å². The molecular formula is C24H31F2N3O7S2. The molecule has 1 aliphatic heterocycles. The fourth-order valence-corrected chi connectivity index (χ4v) is 7.68. The fourth-order valence-electron chi connectivity index (χ4n) is 4.26. The summed E-state index contributed by atoms with van der Waals surface area (Å²) in [5, 5.41) is 3.16. The van der Waals surface area contributed by atoms with E-state index >= 15 is 0 Å². The van der Waals surface area contributed by atoms with Crippen LogP contribution in [0.5, 0.6) is 5.75 Å². The van der Waals surface area contributed by atoms with Crippen LogP contribution < -0.4 is 9.04 Å². The van der Waals surface area contributed by atoms with Gasteiger partial charge in [-0.1, -0.05) is 6.07 Å². The number of sulfonamides is 1. The monoisotopic (exact) mass is 575 g/mol. The van der Waals surface area contributed by atoms with Gasteiger partial charge in [0.15, 0.2) is 9.84 Å². The molecule has 0 amide bonds. The number of benzene rings is 1. The van der Waals surface area contributed by atoms with E-state index in [0.717, 1.165) is 10.5 Å². The van der Waals surface area contributed by atoms with Gasteiger partial charge in [0.2, 0.25) is 0 Å². The molecule has 1 atom stereocenters. The first kappa shape index (κ1) is 28.3. The molecule has 1 saturated carbocycles. The van der Waals surface area contributed by atoms with Gasteiger partial charge in [-0.2, -0.15) is 13.9 Å². The lowest BCUT2D eigenvalue weighted by Gasteiger charge is -2.35. The van der Waals surface area contributed by atoms with Crippen molar-refractivity contribution >= 4 is 31.5 Å². The quantitative estimate of drug-likeness (QED) is 0.417. The van der Waals surface area contributed by atoms with Gasteiger partial charge in [-0.15, -0.1) is 0 Å². The van der Waals surface area contributed by atoms with Crippen molar-refractivity contribution in [2.45, 2.75) is 81.8 Å². The molecule has 1 fully saturated rings. The molecule has 0 saturated heterocycles. The van der Waals surface area contributed by atoms with Crippen LogP contribution in [0.2, 0.25) is 0 Å². The molecule has 210 valence electrons. The first-order chi connectivity index (χ1) is 17.6. The summed E-state index contributed by atoms with van der Waals surface area (Å²) in [5.41, 5.74) is -0.390. The van der Waals surface area contributed by atoms with Crippen LogP contribution in [0.1, 0.15) is 57.8 Å². The van der Waals surface area contributed by atoms with Gasteiger partial charge in [-0.25, -0.2) is 21.5 Å². The summed E-state index contributed by atoms with van der Waals surface area (Å²) >= 11 is 0. The molecular weight excluding hydrogens is 544 g/mol. The summed E-state index contributed by atoms with van der Waals surface area (Å²) in [6.45, 7) is 3.13. The van der Waals surface area contributed by atoms with Gasteiger partial charge >= 0.3 is 12.5 Å². The predicted octanol–water partition coefficient (Wildman–Crippen LogP) is 3.39. The summed E-state index contributed by atoms with van der Waals surface area (Å²) in [6.07, 6.45) is 1.22. The highest BCUT2D eigenvalue weighted by molar-refractivity contribution is 7.93. The minimum absolute atomic E-state index is 0.0548. The van der Waals surface area contributed by atoms with Crippen molar-refractivity contribution in [1.29, 1.82) is 0 Å². The standard InChI is InChI=1S/C24H31F2N3O7S2/c1-15-21(13-27-29(15)23(25)26)38(33,34)28-14-17(9-10-37(31,32)18-6-7-18)35-20-8-5-16(11-19(20)28)12-22(30)36-24(2,3)4/h5,8,11,13,17-18,23H,6-7,9-10,12,14H2,1-4H3/t17-/m0/s1. The molecule has 1 aromatic heterocycles. The third-order valence-electron chi connectivity index (χ3n) is 6.23. The lowest BCUT2D eigenvalue weighted by Crippen LogP contribution is -2.44. The van der Waals surface area contributed by atoms with Crippen LogP contribution in [0, 0.1) is 6.92 Å². The maximum atomic E-state index is 13.8. The topological polar surface area (TPSA) is 125 Å². The smallest absolute Gasteiger partial charge is 0.333 e. The molecule has 0 radical (unpaired) electrons. The summed E-state index contributed by atoms with van der Waals surface area (Å²) < 4.78 is 91.7. The summed E-state index contributed by atoms with van der Waals surface area (Å²) in [6, 6.07) is 4.58. The van der Waals surface area contributed by atoms with Crippen LogP contribution in [0.3, 0.4) is 0 Å². The maximum absolute atomic E-state index is 13.8. The second-order valence-corrected chi connectivity index (χ2v) is 14.7. The summed E-state index contributed by atoms with van der Waals surface area (Å²) in [5.74, 6) is -0.508. The SMILES string of the molecule is Cc1c(S(=O)(=O)N2C[C@H](CCS(=O)(=O)C3CC3)Oc3ccc(CC(=O)OC(C)(C)C)cc32)cnn1C(F)F.